The molecule has 1 aliphatic rings. The number of thioether (sulfide) groups is 1. The zero-order valence-corrected chi connectivity index (χ0v) is 11.4. The smallest absolute Gasteiger partial charge is 0.128 e. The third-order valence-corrected chi connectivity index (χ3v) is 5.17. The number of ether oxygens (including phenoxy) is 1. The van der Waals surface area contributed by atoms with Crippen molar-refractivity contribution >= 4 is 33.3 Å². The van der Waals surface area contributed by atoms with Crippen LogP contribution in [0.15, 0.2) is 11.4 Å². The van der Waals surface area contributed by atoms with Crippen LogP contribution in [0.2, 0.25) is 0 Å². The molecule has 2 heterocycles. The van der Waals surface area contributed by atoms with Gasteiger partial charge in [-0.25, -0.2) is 9.97 Å². The molecule has 0 atom stereocenters. The van der Waals surface area contributed by atoms with Crippen LogP contribution in [0, 0.1) is 0 Å². The Balaban J connectivity index is 2.12. The van der Waals surface area contributed by atoms with E-state index in [1.54, 1.807) is 25.2 Å². The maximum absolute atomic E-state index is 5.12. The van der Waals surface area contributed by atoms with Gasteiger partial charge in [-0.3, -0.25) is 0 Å². The van der Waals surface area contributed by atoms with E-state index in [1.165, 1.54) is 41.5 Å². The van der Waals surface area contributed by atoms with Crippen LogP contribution in [0.4, 0.5) is 0 Å². The van der Waals surface area contributed by atoms with Crippen molar-refractivity contribution < 1.29 is 4.74 Å². The zero-order valence-electron chi connectivity index (χ0n) is 9.73. The lowest BCUT2D eigenvalue weighted by Gasteiger charge is -2.11. The Hall–Kier alpha value is -0.650. The third-order valence-electron chi connectivity index (χ3n) is 3.03. The summed E-state index contributed by atoms with van der Waals surface area (Å²) in [5.74, 6) is 0.650. The number of hydrogen-bond donors (Lipinski definition) is 0. The molecular formula is C12H14N2OS2. The predicted octanol–water partition coefficient (Wildman–Crippen LogP) is 3.27. The number of fused-ring (bicyclic) bond motifs is 3. The molecule has 0 bridgehead atoms. The molecule has 0 saturated heterocycles. The average Bonchev–Trinajstić information content (AvgIpc) is 2.75. The molecule has 2 aromatic rings. The summed E-state index contributed by atoms with van der Waals surface area (Å²) >= 11 is 3.50. The molecule has 0 aromatic carbocycles. The Labute approximate surface area is 109 Å². The van der Waals surface area contributed by atoms with Gasteiger partial charge in [-0.05, 0) is 31.2 Å². The van der Waals surface area contributed by atoms with Crippen molar-refractivity contribution in [2.75, 3.05) is 13.0 Å². The molecule has 0 spiro atoms. The van der Waals surface area contributed by atoms with E-state index in [0.717, 1.165) is 9.86 Å². The molecule has 0 amide bonds. The SMILES string of the molecule is COCSc1ncnc2sc3c(c12)CCCC3. The minimum Gasteiger partial charge on any atom is -0.374 e. The maximum Gasteiger partial charge on any atom is 0.128 e. The average molecular weight is 266 g/mol. The first kappa shape index (κ1) is 11.4. The maximum atomic E-state index is 5.12. The van der Waals surface area contributed by atoms with Gasteiger partial charge < -0.3 is 4.74 Å². The lowest BCUT2D eigenvalue weighted by atomic mass is 9.97. The van der Waals surface area contributed by atoms with E-state index < -0.39 is 0 Å². The Kier molecular flexibility index (Phi) is 3.31. The molecule has 3 nitrogen and oxygen atoms in total. The van der Waals surface area contributed by atoms with Crippen LogP contribution >= 0.6 is 23.1 Å². The molecular weight excluding hydrogens is 252 g/mol. The molecule has 0 saturated carbocycles. The second-order valence-corrected chi connectivity index (χ2v) is 6.12. The molecule has 0 N–H and O–H groups in total. The Bertz CT molecular complexity index is 539. The molecule has 0 fully saturated rings. The summed E-state index contributed by atoms with van der Waals surface area (Å²) in [4.78, 5) is 11.5. The monoisotopic (exact) mass is 266 g/mol. The van der Waals surface area contributed by atoms with Gasteiger partial charge in [0.25, 0.3) is 0 Å². The number of nitrogens with zero attached hydrogens (tertiary/aromatic N) is 2. The van der Waals surface area contributed by atoms with Crippen LogP contribution in [-0.2, 0) is 17.6 Å². The summed E-state index contributed by atoms with van der Waals surface area (Å²) in [6.07, 6.45) is 6.67. The van der Waals surface area contributed by atoms with E-state index in [-0.39, 0.29) is 0 Å². The largest absolute Gasteiger partial charge is 0.374 e. The summed E-state index contributed by atoms with van der Waals surface area (Å²) in [5.41, 5.74) is 1.50. The minimum absolute atomic E-state index is 0.650. The summed E-state index contributed by atoms with van der Waals surface area (Å²) in [6.45, 7) is 0. The van der Waals surface area contributed by atoms with E-state index in [0.29, 0.717) is 5.94 Å². The molecule has 2 aromatic heterocycles. The summed E-state index contributed by atoms with van der Waals surface area (Å²) < 4.78 is 5.12. The van der Waals surface area contributed by atoms with Crippen molar-refractivity contribution in [3.05, 3.63) is 16.8 Å². The fraction of sp³-hybridized carbons (Fsp3) is 0.500. The Morgan fingerprint density at radius 1 is 1.35 bits per heavy atom. The first-order valence-corrected chi connectivity index (χ1v) is 7.57. The van der Waals surface area contributed by atoms with Crippen LogP contribution < -0.4 is 0 Å². The molecule has 90 valence electrons. The van der Waals surface area contributed by atoms with Gasteiger partial charge in [0.2, 0.25) is 0 Å². The molecule has 17 heavy (non-hydrogen) atoms. The van der Waals surface area contributed by atoms with Crippen molar-refractivity contribution in [2.45, 2.75) is 30.7 Å². The number of aromatic nitrogens is 2. The van der Waals surface area contributed by atoms with E-state index in [1.807, 2.05) is 11.3 Å². The highest BCUT2D eigenvalue weighted by Gasteiger charge is 2.19. The molecule has 1 aliphatic carbocycles. The van der Waals surface area contributed by atoms with Crippen LogP contribution in [0.1, 0.15) is 23.3 Å². The quantitative estimate of drug-likeness (QED) is 0.485. The number of hydrogen-bond acceptors (Lipinski definition) is 5. The highest BCUT2D eigenvalue weighted by atomic mass is 32.2. The Morgan fingerprint density at radius 3 is 3.12 bits per heavy atom. The predicted molar refractivity (Wildman–Crippen MR) is 71.8 cm³/mol. The molecule has 0 unspecified atom stereocenters. The van der Waals surface area contributed by atoms with Gasteiger partial charge in [0.15, 0.2) is 0 Å². The van der Waals surface area contributed by atoms with E-state index >= 15 is 0 Å². The lowest BCUT2D eigenvalue weighted by molar-refractivity contribution is 0.258. The van der Waals surface area contributed by atoms with Crippen LogP contribution in [0.3, 0.4) is 0 Å². The van der Waals surface area contributed by atoms with Crippen LogP contribution in [0.5, 0.6) is 0 Å². The van der Waals surface area contributed by atoms with Gasteiger partial charge in [0.1, 0.15) is 16.2 Å². The first-order valence-electron chi connectivity index (χ1n) is 5.77. The van der Waals surface area contributed by atoms with Crippen molar-refractivity contribution in [1.82, 2.24) is 9.97 Å². The molecule has 5 heteroatoms. The third kappa shape index (κ3) is 2.07. The molecule has 0 radical (unpaired) electrons. The van der Waals surface area contributed by atoms with Gasteiger partial charge in [0.05, 0.1) is 5.94 Å². The fourth-order valence-electron chi connectivity index (χ4n) is 2.29. The summed E-state index contributed by atoms with van der Waals surface area (Å²) in [6, 6.07) is 0. The lowest BCUT2D eigenvalue weighted by Crippen LogP contribution is -1.99. The van der Waals surface area contributed by atoms with E-state index in [2.05, 4.69) is 9.97 Å². The van der Waals surface area contributed by atoms with Gasteiger partial charge >= 0.3 is 0 Å². The molecule has 0 aliphatic heterocycles. The number of thiophene rings is 1. The fourth-order valence-corrected chi connectivity index (χ4v) is 4.29. The van der Waals surface area contributed by atoms with Gasteiger partial charge in [0, 0.05) is 17.4 Å². The van der Waals surface area contributed by atoms with Crippen molar-refractivity contribution in [3.8, 4) is 0 Å². The summed E-state index contributed by atoms with van der Waals surface area (Å²) in [7, 11) is 1.72. The van der Waals surface area contributed by atoms with E-state index in [4.69, 9.17) is 4.74 Å². The standard InChI is InChI=1S/C12H14N2OS2/c1-15-7-16-11-10-8-4-2-3-5-9(8)17-12(10)14-6-13-11/h6H,2-5,7H2,1H3. The number of aryl methyl sites for hydroxylation is 2. The van der Waals surface area contributed by atoms with Crippen molar-refractivity contribution in [3.63, 3.8) is 0 Å². The second-order valence-electron chi connectivity index (χ2n) is 4.12. The number of rotatable bonds is 3. The van der Waals surface area contributed by atoms with Crippen molar-refractivity contribution in [2.24, 2.45) is 0 Å². The van der Waals surface area contributed by atoms with Crippen molar-refractivity contribution in [1.29, 1.82) is 0 Å². The first-order chi connectivity index (χ1) is 8.40. The second kappa shape index (κ2) is 4.92. The Morgan fingerprint density at radius 2 is 2.24 bits per heavy atom. The number of methoxy groups -OCH3 is 1. The summed E-state index contributed by atoms with van der Waals surface area (Å²) in [5, 5.41) is 2.37. The normalized spacial score (nSPS) is 15.1. The van der Waals surface area contributed by atoms with E-state index in [9.17, 15) is 0 Å². The van der Waals surface area contributed by atoms with Gasteiger partial charge in [-0.1, -0.05) is 11.8 Å². The molecule has 3 rings (SSSR count). The van der Waals surface area contributed by atoms with Crippen LogP contribution in [-0.4, -0.2) is 23.0 Å². The van der Waals surface area contributed by atoms with Crippen LogP contribution in [0.25, 0.3) is 10.2 Å². The highest BCUT2D eigenvalue weighted by Crippen LogP contribution is 2.39. The topological polar surface area (TPSA) is 35.0 Å². The zero-order chi connectivity index (χ0) is 11.7. The van der Waals surface area contributed by atoms with Gasteiger partial charge in [-0.2, -0.15) is 0 Å². The highest BCUT2D eigenvalue weighted by molar-refractivity contribution is 7.99. The van der Waals surface area contributed by atoms with Gasteiger partial charge in [-0.15, -0.1) is 11.3 Å². The minimum atomic E-state index is 0.650.